The first-order chi connectivity index (χ1) is 16.3. The number of imide groups is 1. The number of anilines is 2. The molecule has 5 rings (SSSR count). The van der Waals surface area contributed by atoms with E-state index in [0.717, 1.165) is 4.90 Å². The number of alkyl halides is 2. The Morgan fingerprint density at radius 3 is 2.26 bits per heavy atom. The van der Waals surface area contributed by atoms with Crippen LogP contribution in [0.25, 0.3) is 0 Å². The molecule has 0 unspecified atom stereocenters. The molecule has 1 saturated heterocycles. The smallest absolute Gasteiger partial charge is 0.338 e. The van der Waals surface area contributed by atoms with E-state index in [4.69, 9.17) is 39.5 Å². The lowest BCUT2D eigenvalue weighted by atomic mass is 9.80. The van der Waals surface area contributed by atoms with Gasteiger partial charge in [0.15, 0.2) is 6.61 Å². The minimum Gasteiger partial charge on any atom is -0.452 e. The van der Waals surface area contributed by atoms with Crippen LogP contribution in [-0.2, 0) is 19.1 Å². The van der Waals surface area contributed by atoms with Gasteiger partial charge in [-0.05, 0) is 48.6 Å². The first kappa shape index (κ1) is 23.1. The summed E-state index contributed by atoms with van der Waals surface area (Å²) in [6, 6.07) is 12.7. The van der Waals surface area contributed by atoms with Gasteiger partial charge in [-0.15, -0.1) is 23.2 Å². The fraction of sp³-hybridized carbons (Fsp3) is 0.333. The number of hydrogen-bond donors (Lipinski definition) is 1. The lowest BCUT2D eigenvalue weighted by Gasteiger charge is -2.28. The summed E-state index contributed by atoms with van der Waals surface area (Å²) in [6.45, 7) is -0.530. The molecule has 2 bridgehead atoms. The van der Waals surface area contributed by atoms with Gasteiger partial charge >= 0.3 is 5.97 Å². The van der Waals surface area contributed by atoms with E-state index < -0.39 is 30.3 Å². The van der Waals surface area contributed by atoms with Crippen molar-refractivity contribution in [2.75, 3.05) is 16.8 Å². The number of amides is 3. The Morgan fingerprint density at radius 2 is 1.62 bits per heavy atom. The van der Waals surface area contributed by atoms with E-state index in [0.29, 0.717) is 17.1 Å². The molecular weight excluding hydrogens is 503 g/mol. The van der Waals surface area contributed by atoms with Crippen LogP contribution in [0.3, 0.4) is 0 Å². The van der Waals surface area contributed by atoms with Crippen molar-refractivity contribution < 1.29 is 23.9 Å². The molecule has 3 fully saturated rings. The van der Waals surface area contributed by atoms with Crippen LogP contribution in [0.2, 0.25) is 5.02 Å². The Kier molecular flexibility index (Phi) is 6.04. The molecule has 176 valence electrons. The maximum Gasteiger partial charge on any atom is 0.338 e. The third-order valence-corrected chi connectivity index (χ3v) is 8.46. The second kappa shape index (κ2) is 8.87. The number of nitrogens with one attached hydrogen (secondary N) is 1. The van der Waals surface area contributed by atoms with Gasteiger partial charge in [0, 0.05) is 0 Å². The fourth-order valence-corrected chi connectivity index (χ4v) is 6.41. The molecule has 0 aromatic heterocycles. The summed E-state index contributed by atoms with van der Waals surface area (Å²) in [4.78, 5) is 52.1. The number of benzene rings is 2. The monoisotopic (exact) mass is 520 g/mol. The molecule has 2 aromatic carbocycles. The van der Waals surface area contributed by atoms with Gasteiger partial charge in [-0.2, -0.15) is 0 Å². The van der Waals surface area contributed by atoms with Gasteiger partial charge in [0.2, 0.25) is 11.8 Å². The summed E-state index contributed by atoms with van der Waals surface area (Å²) >= 11 is 18.8. The van der Waals surface area contributed by atoms with Gasteiger partial charge < -0.3 is 10.1 Å². The Balaban J connectivity index is 1.27. The third kappa shape index (κ3) is 3.76. The van der Waals surface area contributed by atoms with Crippen molar-refractivity contribution >= 4 is 69.9 Å². The fourth-order valence-electron chi connectivity index (χ4n) is 5.34. The number of para-hydroxylation sites is 1. The Morgan fingerprint density at radius 1 is 0.971 bits per heavy atom. The second-order valence-electron chi connectivity index (χ2n) is 8.67. The number of rotatable bonds is 5. The number of esters is 1. The van der Waals surface area contributed by atoms with E-state index in [1.807, 2.05) is 0 Å². The molecule has 0 spiro atoms. The number of halogens is 3. The third-order valence-electron chi connectivity index (χ3n) is 6.81. The number of carbonyl (C=O) groups excluding carboxylic acids is 4. The van der Waals surface area contributed by atoms with Crippen LogP contribution < -0.4 is 10.2 Å². The number of nitrogens with zero attached hydrogens (tertiary/aromatic N) is 1. The number of fused-ring (bicyclic) bond motifs is 5. The summed E-state index contributed by atoms with van der Waals surface area (Å²) in [7, 11) is 0. The molecule has 2 saturated carbocycles. The van der Waals surface area contributed by atoms with Gasteiger partial charge in [-0.1, -0.05) is 29.8 Å². The van der Waals surface area contributed by atoms with E-state index >= 15 is 0 Å². The van der Waals surface area contributed by atoms with Crippen molar-refractivity contribution in [3.63, 3.8) is 0 Å². The van der Waals surface area contributed by atoms with Crippen LogP contribution in [-0.4, -0.2) is 41.1 Å². The van der Waals surface area contributed by atoms with Crippen molar-refractivity contribution in [2.24, 2.45) is 23.7 Å². The molecular formula is C24H19Cl3N2O5. The SMILES string of the molecule is O=C(COC(=O)c1cccc(N2C(=O)[C@@H]3[C@H]4C[C@@H]([C@H](Cl)[C@@H]4Cl)[C@@H]3C2=O)c1)Nc1ccccc1Cl. The summed E-state index contributed by atoms with van der Waals surface area (Å²) < 4.78 is 5.10. The maximum atomic E-state index is 13.2. The summed E-state index contributed by atoms with van der Waals surface area (Å²) in [5.74, 6) is -3.20. The molecule has 1 N–H and O–H groups in total. The van der Waals surface area contributed by atoms with Gasteiger partial charge in [-0.3, -0.25) is 19.3 Å². The van der Waals surface area contributed by atoms with Crippen molar-refractivity contribution in [1.29, 1.82) is 0 Å². The Labute approximate surface area is 210 Å². The minimum atomic E-state index is -0.767. The Bertz CT molecular complexity index is 1170. The number of ether oxygens (including phenoxy) is 1. The van der Waals surface area contributed by atoms with Gasteiger partial charge in [0.05, 0.1) is 44.6 Å². The van der Waals surface area contributed by atoms with Crippen molar-refractivity contribution in [3.05, 3.63) is 59.1 Å². The average molecular weight is 522 g/mol. The zero-order valence-electron chi connectivity index (χ0n) is 17.6. The van der Waals surface area contributed by atoms with E-state index in [1.165, 1.54) is 12.1 Å². The summed E-state index contributed by atoms with van der Waals surface area (Å²) in [6.07, 6.45) is 0.672. The van der Waals surface area contributed by atoms with Crippen molar-refractivity contribution in [1.82, 2.24) is 0 Å². The van der Waals surface area contributed by atoms with Gasteiger partial charge in [-0.25, -0.2) is 4.79 Å². The highest BCUT2D eigenvalue weighted by Gasteiger charge is 2.66. The van der Waals surface area contributed by atoms with E-state index in [9.17, 15) is 19.2 Å². The Hall–Kier alpha value is -2.61. The van der Waals surface area contributed by atoms with E-state index in [-0.39, 0.29) is 45.7 Å². The molecule has 0 radical (unpaired) electrons. The number of hydrogen-bond acceptors (Lipinski definition) is 5. The summed E-state index contributed by atoms with van der Waals surface area (Å²) in [5, 5.41) is 2.23. The molecule has 6 atom stereocenters. The normalized spacial score (nSPS) is 29.3. The summed E-state index contributed by atoms with van der Waals surface area (Å²) in [5.41, 5.74) is 0.779. The number of carbonyl (C=O) groups is 4. The van der Waals surface area contributed by atoms with Crippen LogP contribution in [0.4, 0.5) is 11.4 Å². The van der Waals surface area contributed by atoms with Crippen LogP contribution in [0.15, 0.2) is 48.5 Å². The van der Waals surface area contributed by atoms with Crippen molar-refractivity contribution in [3.8, 4) is 0 Å². The van der Waals surface area contributed by atoms with Crippen molar-refractivity contribution in [2.45, 2.75) is 17.2 Å². The molecule has 3 amide bonds. The zero-order valence-corrected chi connectivity index (χ0v) is 19.9. The average Bonchev–Trinajstić information content (AvgIpc) is 3.44. The molecule has 7 nitrogen and oxygen atoms in total. The van der Waals surface area contributed by atoms with E-state index in [1.54, 1.807) is 36.4 Å². The molecule has 2 aliphatic carbocycles. The quantitative estimate of drug-likeness (QED) is 0.363. The molecule has 1 aliphatic heterocycles. The lowest BCUT2D eigenvalue weighted by molar-refractivity contribution is -0.123. The molecule has 3 aliphatic rings. The maximum absolute atomic E-state index is 13.2. The van der Waals surface area contributed by atoms with Crippen LogP contribution >= 0.6 is 34.8 Å². The first-order valence-corrected chi connectivity index (χ1v) is 12.0. The largest absolute Gasteiger partial charge is 0.452 e. The predicted octanol–water partition coefficient (Wildman–Crippen LogP) is 4.11. The van der Waals surface area contributed by atoms with Gasteiger partial charge in [0.25, 0.3) is 5.91 Å². The van der Waals surface area contributed by atoms with Crippen LogP contribution in [0.1, 0.15) is 16.8 Å². The van der Waals surface area contributed by atoms with Crippen LogP contribution in [0.5, 0.6) is 0 Å². The second-order valence-corrected chi connectivity index (χ2v) is 10.1. The predicted molar refractivity (Wildman–Crippen MR) is 127 cm³/mol. The van der Waals surface area contributed by atoms with Crippen LogP contribution in [0, 0.1) is 23.7 Å². The lowest BCUT2D eigenvalue weighted by Crippen LogP contribution is -2.37. The highest BCUT2D eigenvalue weighted by Crippen LogP contribution is 2.59. The molecule has 10 heteroatoms. The van der Waals surface area contributed by atoms with E-state index in [2.05, 4.69) is 5.32 Å². The first-order valence-electron chi connectivity index (χ1n) is 10.8. The topological polar surface area (TPSA) is 92.8 Å². The van der Waals surface area contributed by atoms with Gasteiger partial charge in [0.1, 0.15) is 0 Å². The highest BCUT2D eigenvalue weighted by molar-refractivity contribution is 6.34. The zero-order chi connectivity index (χ0) is 24.1. The molecule has 2 aromatic rings. The molecule has 1 heterocycles. The standard InChI is InChI=1S/C24H19Cl3N2O5/c25-15-6-1-2-7-16(15)28-17(30)10-34-24(33)11-4-3-5-12(8-11)29-22(31)18-13-9-14(19(18)23(29)32)21(27)20(13)26/h1-8,13-14,18-21H,9-10H2,(H,28,30)/t13-,14-,18-,19+,20-,21+/m1/s1. The highest BCUT2D eigenvalue weighted by atomic mass is 35.5. The minimum absolute atomic E-state index is 0.106. The molecule has 34 heavy (non-hydrogen) atoms.